The van der Waals surface area contributed by atoms with Crippen molar-refractivity contribution in [3.8, 4) is 11.3 Å². The van der Waals surface area contributed by atoms with Crippen LogP contribution < -0.4 is 9.75 Å². The van der Waals surface area contributed by atoms with E-state index in [0.717, 1.165) is 5.69 Å². The van der Waals surface area contributed by atoms with Crippen LogP contribution in [0.2, 0.25) is 19.6 Å². The van der Waals surface area contributed by atoms with Crippen molar-refractivity contribution in [1.82, 2.24) is 0 Å². The Kier molecular flexibility index (Phi) is 3.04. The molecule has 2 aromatic rings. The molecule has 1 aromatic carbocycles. The molecular weight excluding hydrogens is 234 g/mol. The molecule has 0 amide bonds. The lowest BCUT2D eigenvalue weighted by molar-refractivity contribution is -0.659. The van der Waals surface area contributed by atoms with Gasteiger partial charge in [0.25, 0.3) is 0 Å². The van der Waals surface area contributed by atoms with Gasteiger partial charge in [0.2, 0.25) is 5.69 Å². The molecule has 0 atom stereocenters. The third-order valence-corrected chi connectivity index (χ3v) is 5.19. The molecule has 0 spiro atoms. The highest BCUT2D eigenvalue weighted by Gasteiger charge is 2.21. The van der Waals surface area contributed by atoms with Crippen molar-refractivity contribution in [2.45, 2.75) is 26.6 Å². The van der Waals surface area contributed by atoms with Crippen LogP contribution >= 0.6 is 0 Å². The average molecular weight is 257 g/mol. The summed E-state index contributed by atoms with van der Waals surface area (Å²) in [5.74, 6) is 0. The van der Waals surface area contributed by atoms with Crippen LogP contribution in [0, 0.1) is 6.92 Å². The summed E-state index contributed by atoms with van der Waals surface area (Å²) < 4.78 is 10.5. The molecule has 1 nitrogen and oxygen atoms in total. The Labute approximate surface area is 113 Å². The van der Waals surface area contributed by atoms with Gasteiger partial charge in [-0.2, -0.15) is 0 Å². The maximum Gasteiger partial charge on any atom is 0.212 e. The lowest BCUT2D eigenvalue weighted by atomic mass is 10.1. The molecule has 1 heterocycles. The average Bonchev–Trinajstić information content (AvgIpc) is 2.31. The van der Waals surface area contributed by atoms with E-state index in [-0.39, 0.29) is 0 Å². The Morgan fingerprint density at radius 1 is 1.11 bits per heavy atom. The molecule has 0 N–H and O–H groups in total. The van der Waals surface area contributed by atoms with E-state index in [9.17, 15) is 0 Å². The van der Waals surface area contributed by atoms with E-state index >= 15 is 0 Å². The van der Waals surface area contributed by atoms with Crippen LogP contribution in [-0.4, -0.2) is 8.07 Å². The molecular formula is C16H22NSi+. The second kappa shape index (κ2) is 4.69. The van der Waals surface area contributed by atoms with E-state index in [0.29, 0.717) is 6.04 Å². The Balaban J connectivity index is 2.63. The number of pyridine rings is 1. The van der Waals surface area contributed by atoms with Gasteiger partial charge in [-0.25, -0.2) is 4.57 Å². The molecule has 94 valence electrons. The summed E-state index contributed by atoms with van der Waals surface area (Å²) in [4.78, 5) is 0. The smallest absolute Gasteiger partial charge is 0.201 e. The van der Waals surface area contributed by atoms with Gasteiger partial charge in [0, 0.05) is 16.8 Å². The van der Waals surface area contributed by atoms with Crippen LogP contribution in [0.4, 0.5) is 0 Å². The first-order valence-corrected chi connectivity index (χ1v) is 9.87. The fourth-order valence-electron chi connectivity index (χ4n) is 2.09. The van der Waals surface area contributed by atoms with Gasteiger partial charge in [-0.3, -0.25) is 0 Å². The Hall–Kier alpha value is -1.41. The molecule has 0 saturated heterocycles. The number of aromatic nitrogens is 1. The van der Waals surface area contributed by atoms with E-state index in [1.165, 1.54) is 16.3 Å². The fraction of sp³-hybridized carbons (Fsp3) is 0.312. The van der Waals surface area contributed by atoms with E-state index in [1.54, 1.807) is 0 Å². The number of hydrogen-bond donors (Lipinski definition) is 0. The van der Waals surface area contributed by atoms with Crippen LogP contribution in [0.3, 0.4) is 0 Å². The van der Waals surface area contributed by atoms with Crippen molar-refractivity contribution in [3.63, 3.8) is 0 Å². The van der Waals surface area contributed by atoms with Crippen molar-refractivity contribution in [2.75, 3.05) is 0 Å². The highest BCUT2D eigenvalue weighted by atomic mass is 28.3. The summed E-state index contributed by atoms with van der Waals surface area (Å²) in [6.45, 7) is 8.97. The van der Waals surface area contributed by atoms with Gasteiger partial charge >= 0.3 is 0 Å². The first-order valence-electron chi connectivity index (χ1n) is 6.87. The van der Waals surface area contributed by atoms with E-state index < -0.39 is 8.07 Å². The van der Waals surface area contributed by atoms with E-state index in [1.807, 2.05) is 6.07 Å². The van der Waals surface area contributed by atoms with Gasteiger partial charge in [0.1, 0.15) is 7.05 Å². The number of aryl methyl sites for hydroxylation is 2. The fourth-order valence-corrected chi connectivity index (χ4v) is 3.17. The van der Waals surface area contributed by atoms with Gasteiger partial charge in [-0.05, 0) is 18.6 Å². The Bertz CT molecular complexity index is 615. The molecule has 0 radical (unpaired) electrons. The molecule has 18 heavy (non-hydrogen) atoms. The maximum atomic E-state index is 8.31. The number of benzene rings is 1. The first kappa shape index (κ1) is 11.7. The maximum absolute atomic E-state index is 8.31. The minimum atomic E-state index is -1.46. The monoisotopic (exact) mass is 257 g/mol. The van der Waals surface area contributed by atoms with Gasteiger partial charge < -0.3 is 0 Å². The molecule has 0 aliphatic carbocycles. The van der Waals surface area contributed by atoms with E-state index in [2.05, 4.69) is 68.6 Å². The van der Waals surface area contributed by atoms with Crippen LogP contribution in [0.5, 0.6) is 0 Å². The molecule has 0 aliphatic rings. The molecule has 0 bridgehead atoms. The second-order valence-corrected chi connectivity index (χ2v) is 10.9. The Morgan fingerprint density at radius 2 is 1.78 bits per heavy atom. The van der Waals surface area contributed by atoms with Crippen molar-refractivity contribution in [3.05, 3.63) is 48.1 Å². The minimum Gasteiger partial charge on any atom is -0.201 e. The molecule has 0 fully saturated rings. The summed E-state index contributed by atoms with van der Waals surface area (Å²) in [6, 6.07) is 11.0. The molecule has 2 rings (SSSR count). The summed E-state index contributed by atoms with van der Waals surface area (Å²) in [7, 11) is 0.619. The predicted octanol–water partition coefficient (Wildman–Crippen LogP) is 3.03. The highest BCUT2D eigenvalue weighted by Crippen LogP contribution is 2.19. The molecule has 1 aromatic heterocycles. The quantitative estimate of drug-likeness (QED) is 0.575. The predicted molar refractivity (Wildman–Crippen MR) is 80.8 cm³/mol. The van der Waals surface area contributed by atoms with Gasteiger partial charge in [0.15, 0.2) is 6.20 Å². The lowest BCUT2D eigenvalue weighted by Crippen LogP contribution is -2.44. The SMILES string of the molecule is [2H]c1cc(-c2ccccc2C)[n+](C)cc1[Si](C)(C)C. The van der Waals surface area contributed by atoms with Gasteiger partial charge in [0.05, 0.1) is 9.44 Å². The zero-order valence-corrected chi connectivity index (χ0v) is 12.9. The molecule has 0 unspecified atom stereocenters. The number of nitrogens with zero attached hydrogens (tertiary/aromatic N) is 1. The Morgan fingerprint density at radius 3 is 2.39 bits per heavy atom. The van der Waals surface area contributed by atoms with Crippen LogP contribution in [0.25, 0.3) is 11.3 Å². The van der Waals surface area contributed by atoms with Crippen molar-refractivity contribution >= 4 is 13.3 Å². The van der Waals surface area contributed by atoms with Crippen LogP contribution in [0.1, 0.15) is 6.93 Å². The van der Waals surface area contributed by atoms with Crippen LogP contribution in [0.15, 0.2) is 42.6 Å². The van der Waals surface area contributed by atoms with Gasteiger partial charge in [-0.1, -0.05) is 43.9 Å². The first-order chi connectivity index (χ1) is 8.80. The summed E-state index contributed by atoms with van der Waals surface area (Å²) in [5.41, 5.74) is 3.57. The number of rotatable bonds is 2. The van der Waals surface area contributed by atoms with E-state index in [4.69, 9.17) is 1.37 Å². The minimum absolute atomic E-state index is 0.676. The zero-order valence-electron chi connectivity index (χ0n) is 12.9. The third-order valence-electron chi connectivity index (χ3n) is 3.30. The third kappa shape index (κ3) is 2.54. The lowest BCUT2D eigenvalue weighted by Gasteiger charge is -2.15. The largest absolute Gasteiger partial charge is 0.212 e. The summed E-state index contributed by atoms with van der Waals surface area (Å²) >= 11 is 0. The topological polar surface area (TPSA) is 3.88 Å². The normalized spacial score (nSPS) is 12.4. The highest BCUT2D eigenvalue weighted by molar-refractivity contribution is 6.88. The second-order valence-electron chi connectivity index (χ2n) is 5.89. The summed E-state index contributed by atoms with van der Waals surface area (Å²) in [6.07, 6.45) is 2.15. The standard InChI is InChI=1S/C16H22NSi/c1-13-8-6-7-9-15(13)16-11-10-14(12-17(16)2)18(3,4)5/h6-12H,1-5H3/q+1/i10D. The molecule has 0 aliphatic heterocycles. The van der Waals surface area contributed by atoms with Gasteiger partial charge in [-0.15, -0.1) is 0 Å². The summed E-state index contributed by atoms with van der Waals surface area (Å²) in [5, 5.41) is 1.22. The van der Waals surface area contributed by atoms with Crippen molar-refractivity contribution < 1.29 is 5.94 Å². The van der Waals surface area contributed by atoms with Crippen LogP contribution in [-0.2, 0) is 7.05 Å². The molecule has 0 saturated carbocycles. The molecule has 2 heteroatoms. The van der Waals surface area contributed by atoms with Crippen molar-refractivity contribution in [2.24, 2.45) is 7.05 Å². The van der Waals surface area contributed by atoms with Crippen molar-refractivity contribution in [1.29, 1.82) is 0 Å². The number of hydrogen-bond acceptors (Lipinski definition) is 0. The zero-order chi connectivity index (χ0) is 14.2.